The van der Waals surface area contributed by atoms with E-state index in [0.29, 0.717) is 0 Å². The second-order valence-electron chi connectivity index (χ2n) is 4.19. The topological polar surface area (TPSA) is 16.1 Å². The standard InChI is InChI=1S/C14H15BrN2/c1-10-4-6-12(7-5-10)17(3)14-8-11(2)13(15)9-16-14/h4-9H,1-3H3. The van der Waals surface area contributed by atoms with Crippen molar-refractivity contribution >= 4 is 27.4 Å². The molecule has 0 amide bonds. The molecule has 0 aliphatic carbocycles. The highest BCUT2D eigenvalue weighted by atomic mass is 79.9. The molecular formula is C14H15BrN2. The lowest BCUT2D eigenvalue weighted by atomic mass is 10.2. The Morgan fingerprint density at radius 3 is 2.35 bits per heavy atom. The van der Waals surface area contributed by atoms with Crippen LogP contribution >= 0.6 is 15.9 Å². The molecule has 3 heteroatoms. The normalized spacial score (nSPS) is 10.4. The first-order valence-corrected chi connectivity index (χ1v) is 6.30. The predicted octanol–water partition coefficient (Wildman–Crippen LogP) is 4.23. The van der Waals surface area contributed by atoms with E-state index in [-0.39, 0.29) is 0 Å². The monoisotopic (exact) mass is 290 g/mol. The largest absolute Gasteiger partial charge is 0.329 e. The first kappa shape index (κ1) is 12.1. The molecule has 0 bridgehead atoms. The minimum absolute atomic E-state index is 0.953. The first-order valence-electron chi connectivity index (χ1n) is 5.50. The molecule has 2 aromatic rings. The van der Waals surface area contributed by atoms with Crippen molar-refractivity contribution in [3.8, 4) is 0 Å². The minimum Gasteiger partial charge on any atom is -0.329 e. The predicted molar refractivity (Wildman–Crippen MR) is 75.9 cm³/mol. The zero-order chi connectivity index (χ0) is 12.4. The zero-order valence-electron chi connectivity index (χ0n) is 10.2. The molecule has 0 atom stereocenters. The van der Waals surface area contributed by atoms with Crippen LogP contribution in [-0.2, 0) is 0 Å². The van der Waals surface area contributed by atoms with Crippen LogP contribution in [0.4, 0.5) is 11.5 Å². The van der Waals surface area contributed by atoms with Crippen molar-refractivity contribution in [1.82, 2.24) is 4.98 Å². The highest BCUT2D eigenvalue weighted by Crippen LogP contribution is 2.25. The van der Waals surface area contributed by atoms with Crippen molar-refractivity contribution < 1.29 is 0 Å². The third kappa shape index (κ3) is 2.67. The van der Waals surface area contributed by atoms with E-state index in [1.54, 1.807) is 0 Å². The van der Waals surface area contributed by atoms with Gasteiger partial charge in [-0.3, -0.25) is 0 Å². The van der Waals surface area contributed by atoms with Gasteiger partial charge >= 0.3 is 0 Å². The average Bonchev–Trinajstić information content (AvgIpc) is 2.33. The number of pyridine rings is 1. The van der Waals surface area contributed by atoms with E-state index in [0.717, 1.165) is 16.0 Å². The summed E-state index contributed by atoms with van der Waals surface area (Å²) in [6, 6.07) is 10.5. The molecule has 0 saturated carbocycles. The highest BCUT2D eigenvalue weighted by Gasteiger charge is 2.06. The fourth-order valence-corrected chi connectivity index (χ4v) is 1.83. The van der Waals surface area contributed by atoms with Gasteiger partial charge in [-0.1, -0.05) is 17.7 Å². The fraction of sp³-hybridized carbons (Fsp3) is 0.214. The summed E-state index contributed by atoms with van der Waals surface area (Å²) in [6.45, 7) is 4.16. The molecule has 17 heavy (non-hydrogen) atoms. The molecule has 1 aromatic heterocycles. The second kappa shape index (κ2) is 4.88. The lowest BCUT2D eigenvalue weighted by Gasteiger charge is -2.19. The first-order chi connectivity index (χ1) is 8.08. The van der Waals surface area contributed by atoms with Crippen molar-refractivity contribution in [2.45, 2.75) is 13.8 Å². The summed E-state index contributed by atoms with van der Waals surface area (Å²) in [4.78, 5) is 6.50. The third-order valence-corrected chi connectivity index (χ3v) is 3.63. The van der Waals surface area contributed by atoms with Gasteiger partial charge in [-0.05, 0) is 53.5 Å². The summed E-state index contributed by atoms with van der Waals surface area (Å²) < 4.78 is 1.04. The van der Waals surface area contributed by atoms with Crippen LogP contribution in [-0.4, -0.2) is 12.0 Å². The molecule has 88 valence electrons. The van der Waals surface area contributed by atoms with Gasteiger partial charge in [-0.2, -0.15) is 0 Å². The molecule has 1 aromatic carbocycles. The van der Waals surface area contributed by atoms with Crippen LogP contribution in [0.5, 0.6) is 0 Å². The van der Waals surface area contributed by atoms with Gasteiger partial charge in [-0.15, -0.1) is 0 Å². The van der Waals surface area contributed by atoms with Crippen LogP contribution in [0.3, 0.4) is 0 Å². The van der Waals surface area contributed by atoms with Crippen molar-refractivity contribution in [3.05, 3.63) is 52.1 Å². The number of rotatable bonds is 2. The summed E-state index contributed by atoms with van der Waals surface area (Å²) >= 11 is 3.46. The number of anilines is 2. The van der Waals surface area contributed by atoms with E-state index in [9.17, 15) is 0 Å². The molecule has 2 rings (SSSR count). The Morgan fingerprint density at radius 2 is 1.76 bits per heavy atom. The molecule has 0 fully saturated rings. The molecule has 0 N–H and O–H groups in total. The summed E-state index contributed by atoms with van der Waals surface area (Å²) in [5.74, 6) is 0.953. The number of nitrogens with zero attached hydrogens (tertiary/aromatic N) is 2. The summed E-state index contributed by atoms with van der Waals surface area (Å²) in [7, 11) is 2.03. The molecule has 0 spiro atoms. The maximum atomic E-state index is 4.42. The number of benzene rings is 1. The van der Waals surface area contributed by atoms with Crippen LogP contribution < -0.4 is 4.90 Å². The van der Waals surface area contributed by atoms with Gasteiger partial charge in [0.05, 0.1) is 0 Å². The van der Waals surface area contributed by atoms with Gasteiger partial charge in [-0.25, -0.2) is 4.98 Å². The molecule has 1 heterocycles. The van der Waals surface area contributed by atoms with Gasteiger partial charge < -0.3 is 4.90 Å². The molecular weight excluding hydrogens is 276 g/mol. The Hall–Kier alpha value is -1.35. The zero-order valence-corrected chi connectivity index (χ0v) is 11.8. The van der Waals surface area contributed by atoms with E-state index in [1.165, 1.54) is 11.1 Å². The van der Waals surface area contributed by atoms with Crippen molar-refractivity contribution in [2.75, 3.05) is 11.9 Å². The molecule has 0 aliphatic rings. The number of hydrogen-bond acceptors (Lipinski definition) is 2. The van der Waals surface area contributed by atoms with Gasteiger partial charge in [0.15, 0.2) is 0 Å². The molecule has 0 unspecified atom stereocenters. The number of halogens is 1. The summed E-state index contributed by atoms with van der Waals surface area (Å²) in [6.07, 6.45) is 1.84. The quantitative estimate of drug-likeness (QED) is 0.823. The SMILES string of the molecule is Cc1ccc(N(C)c2cc(C)c(Br)cn2)cc1. The number of aryl methyl sites for hydroxylation is 2. The Morgan fingerprint density at radius 1 is 1.12 bits per heavy atom. The molecule has 2 nitrogen and oxygen atoms in total. The lowest BCUT2D eigenvalue weighted by Crippen LogP contribution is -2.11. The summed E-state index contributed by atoms with van der Waals surface area (Å²) in [5, 5.41) is 0. The maximum absolute atomic E-state index is 4.42. The van der Waals surface area contributed by atoms with Crippen LogP contribution in [0.25, 0.3) is 0 Å². The lowest BCUT2D eigenvalue weighted by molar-refractivity contribution is 1.11. The molecule has 0 saturated heterocycles. The van der Waals surface area contributed by atoms with E-state index < -0.39 is 0 Å². The number of hydrogen-bond donors (Lipinski definition) is 0. The Labute approximate surface area is 110 Å². The van der Waals surface area contributed by atoms with E-state index in [4.69, 9.17) is 0 Å². The Kier molecular flexibility index (Phi) is 3.48. The summed E-state index contributed by atoms with van der Waals surface area (Å²) in [5.41, 5.74) is 3.60. The molecule has 0 radical (unpaired) electrons. The van der Waals surface area contributed by atoms with Crippen LogP contribution in [0.15, 0.2) is 41.0 Å². The van der Waals surface area contributed by atoms with E-state index in [2.05, 4.69) is 70.0 Å². The van der Waals surface area contributed by atoms with Gasteiger partial charge in [0.2, 0.25) is 0 Å². The number of aromatic nitrogens is 1. The fourth-order valence-electron chi connectivity index (χ4n) is 1.61. The highest BCUT2D eigenvalue weighted by molar-refractivity contribution is 9.10. The maximum Gasteiger partial charge on any atom is 0.132 e. The van der Waals surface area contributed by atoms with E-state index in [1.807, 2.05) is 13.2 Å². The smallest absolute Gasteiger partial charge is 0.132 e. The Bertz CT molecular complexity index is 520. The van der Waals surface area contributed by atoms with Gasteiger partial charge in [0.25, 0.3) is 0 Å². The Balaban J connectivity index is 2.33. The second-order valence-corrected chi connectivity index (χ2v) is 5.04. The van der Waals surface area contributed by atoms with Crippen molar-refractivity contribution in [2.24, 2.45) is 0 Å². The van der Waals surface area contributed by atoms with Gasteiger partial charge in [0, 0.05) is 23.4 Å². The third-order valence-electron chi connectivity index (χ3n) is 2.80. The van der Waals surface area contributed by atoms with Crippen LogP contribution in [0.2, 0.25) is 0 Å². The van der Waals surface area contributed by atoms with E-state index >= 15 is 0 Å². The minimum atomic E-state index is 0.953. The average molecular weight is 291 g/mol. The molecule has 0 aliphatic heterocycles. The van der Waals surface area contributed by atoms with Crippen molar-refractivity contribution in [1.29, 1.82) is 0 Å². The van der Waals surface area contributed by atoms with Crippen molar-refractivity contribution in [3.63, 3.8) is 0 Å². The van der Waals surface area contributed by atoms with Crippen LogP contribution in [0.1, 0.15) is 11.1 Å². The van der Waals surface area contributed by atoms with Crippen LogP contribution in [0, 0.1) is 13.8 Å². The van der Waals surface area contributed by atoms with Gasteiger partial charge in [0.1, 0.15) is 5.82 Å².